The Morgan fingerprint density at radius 2 is 1.97 bits per heavy atom. The molecule has 6 heterocycles. The van der Waals surface area contributed by atoms with Gasteiger partial charge in [0.15, 0.2) is 0 Å². The van der Waals surface area contributed by atoms with Crippen molar-refractivity contribution in [2.45, 2.75) is 25.6 Å². The van der Waals surface area contributed by atoms with Gasteiger partial charge in [0.05, 0.1) is 11.8 Å². The molecule has 6 nitrogen and oxygen atoms in total. The lowest BCUT2D eigenvalue weighted by Gasteiger charge is -2.48. The summed E-state index contributed by atoms with van der Waals surface area (Å²) in [6.07, 6.45) is 3.28. The fourth-order valence-electron chi connectivity index (χ4n) is 5.14. The summed E-state index contributed by atoms with van der Waals surface area (Å²) in [5.41, 5.74) is 2.43. The van der Waals surface area contributed by atoms with Gasteiger partial charge in [-0.25, -0.2) is 15.0 Å². The molecule has 4 aromatic rings. The van der Waals surface area contributed by atoms with Crippen LogP contribution in [0.3, 0.4) is 0 Å². The lowest BCUT2D eigenvalue weighted by Crippen LogP contribution is -2.56. The molecule has 0 bridgehead atoms. The maximum Gasteiger partial charge on any atom is 0.393 e. The van der Waals surface area contributed by atoms with Crippen molar-refractivity contribution in [3.8, 4) is 0 Å². The SMILES string of the molecule is FC(F)(F)Cc1cc2c(N3CCC4(CN(Cc5ccc6nccn6c5)C4)C3)ncnc2s1. The van der Waals surface area contributed by atoms with Gasteiger partial charge < -0.3 is 9.30 Å². The molecule has 0 amide bonds. The number of hydrogen-bond acceptors (Lipinski definition) is 6. The third-order valence-corrected chi connectivity index (χ3v) is 7.49. The molecule has 2 fully saturated rings. The normalized spacial score (nSPS) is 18.8. The smallest absolute Gasteiger partial charge is 0.355 e. The van der Waals surface area contributed by atoms with E-state index in [1.807, 2.05) is 16.7 Å². The van der Waals surface area contributed by atoms with Gasteiger partial charge in [-0.1, -0.05) is 6.07 Å². The van der Waals surface area contributed by atoms with Crippen molar-refractivity contribution in [3.63, 3.8) is 0 Å². The highest BCUT2D eigenvalue weighted by molar-refractivity contribution is 7.18. The molecule has 2 aliphatic heterocycles. The lowest BCUT2D eigenvalue weighted by molar-refractivity contribution is -0.126. The summed E-state index contributed by atoms with van der Waals surface area (Å²) in [5.74, 6) is 0.764. The topological polar surface area (TPSA) is 49.6 Å². The van der Waals surface area contributed by atoms with Gasteiger partial charge in [-0.2, -0.15) is 13.2 Å². The van der Waals surface area contributed by atoms with Gasteiger partial charge >= 0.3 is 6.18 Å². The highest BCUT2D eigenvalue weighted by Gasteiger charge is 2.48. The number of hydrogen-bond donors (Lipinski definition) is 0. The first kappa shape index (κ1) is 19.9. The van der Waals surface area contributed by atoms with E-state index in [-0.39, 0.29) is 10.3 Å². The van der Waals surface area contributed by atoms with Crippen molar-refractivity contribution in [2.24, 2.45) is 5.41 Å². The molecule has 2 aliphatic rings. The van der Waals surface area contributed by atoms with Crippen LogP contribution in [0.4, 0.5) is 19.0 Å². The fraction of sp³-hybridized carbons (Fsp3) is 0.409. The molecule has 32 heavy (non-hydrogen) atoms. The van der Waals surface area contributed by atoms with E-state index < -0.39 is 12.6 Å². The second kappa shape index (κ2) is 7.14. The van der Waals surface area contributed by atoms with E-state index in [0.717, 1.165) is 67.3 Å². The second-order valence-corrected chi connectivity index (χ2v) is 10.1. The first-order chi connectivity index (χ1) is 15.4. The molecule has 0 N–H and O–H groups in total. The summed E-state index contributed by atoms with van der Waals surface area (Å²) in [4.78, 5) is 18.5. The number of aromatic nitrogens is 4. The first-order valence-electron chi connectivity index (χ1n) is 10.6. The van der Waals surface area contributed by atoms with Crippen molar-refractivity contribution < 1.29 is 13.2 Å². The summed E-state index contributed by atoms with van der Waals surface area (Å²) in [5, 5.41) is 0.735. The largest absolute Gasteiger partial charge is 0.393 e. The van der Waals surface area contributed by atoms with Gasteiger partial charge in [0.2, 0.25) is 0 Å². The molecule has 1 spiro atoms. The number of anilines is 1. The van der Waals surface area contributed by atoms with Crippen molar-refractivity contribution in [1.29, 1.82) is 0 Å². The molecule has 4 aromatic heterocycles. The molecule has 0 unspecified atom stereocenters. The second-order valence-electron chi connectivity index (χ2n) is 8.97. The van der Waals surface area contributed by atoms with Gasteiger partial charge in [0.25, 0.3) is 0 Å². The van der Waals surface area contributed by atoms with Crippen molar-refractivity contribution in [2.75, 3.05) is 31.1 Å². The van der Waals surface area contributed by atoms with Gasteiger partial charge in [-0.05, 0) is 24.1 Å². The third kappa shape index (κ3) is 3.61. The van der Waals surface area contributed by atoms with E-state index in [2.05, 4.69) is 37.0 Å². The van der Waals surface area contributed by atoms with E-state index in [1.165, 1.54) is 11.9 Å². The predicted molar refractivity (Wildman–Crippen MR) is 117 cm³/mol. The summed E-state index contributed by atoms with van der Waals surface area (Å²) < 4.78 is 40.5. The number of alkyl halides is 3. The number of pyridine rings is 1. The summed E-state index contributed by atoms with van der Waals surface area (Å²) in [6.45, 7) is 4.68. The van der Waals surface area contributed by atoms with Crippen molar-refractivity contribution in [3.05, 3.63) is 53.6 Å². The van der Waals surface area contributed by atoms with E-state index in [0.29, 0.717) is 4.83 Å². The molecule has 0 saturated carbocycles. The summed E-state index contributed by atoms with van der Waals surface area (Å²) >= 11 is 1.11. The number of imidazole rings is 1. The molecule has 2 saturated heterocycles. The average Bonchev–Trinajstić information content (AvgIpc) is 3.43. The molecular formula is C22H21F3N6S. The van der Waals surface area contributed by atoms with Crippen LogP contribution in [0.25, 0.3) is 15.9 Å². The Labute approximate surface area is 186 Å². The first-order valence-corrected chi connectivity index (χ1v) is 11.4. The number of rotatable bonds is 4. The molecule has 0 radical (unpaired) electrons. The quantitative estimate of drug-likeness (QED) is 0.460. The fourth-order valence-corrected chi connectivity index (χ4v) is 6.16. The summed E-state index contributed by atoms with van der Waals surface area (Å²) in [6, 6.07) is 5.78. The highest BCUT2D eigenvalue weighted by Crippen LogP contribution is 2.43. The van der Waals surface area contributed by atoms with Crippen molar-refractivity contribution in [1.82, 2.24) is 24.3 Å². The zero-order valence-electron chi connectivity index (χ0n) is 17.2. The number of halogens is 3. The number of fused-ring (bicyclic) bond motifs is 2. The number of nitrogens with zero attached hydrogens (tertiary/aromatic N) is 6. The Balaban J connectivity index is 1.14. The Bertz CT molecular complexity index is 1290. The van der Waals surface area contributed by atoms with Crippen molar-refractivity contribution >= 4 is 33.0 Å². The summed E-state index contributed by atoms with van der Waals surface area (Å²) in [7, 11) is 0. The number of likely N-dealkylation sites (tertiary alicyclic amines) is 1. The minimum absolute atomic E-state index is 0.223. The molecule has 0 atom stereocenters. The molecular weight excluding hydrogens is 437 g/mol. The molecule has 10 heteroatoms. The Morgan fingerprint density at radius 3 is 2.81 bits per heavy atom. The van der Waals surface area contributed by atoms with Crippen LogP contribution >= 0.6 is 11.3 Å². The van der Waals surface area contributed by atoms with Crippen LogP contribution in [0.15, 0.2) is 43.1 Å². The van der Waals surface area contributed by atoms with Crippen LogP contribution in [-0.4, -0.2) is 56.6 Å². The predicted octanol–water partition coefficient (Wildman–Crippen LogP) is 4.16. The van der Waals surface area contributed by atoms with Crippen LogP contribution in [0, 0.1) is 5.41 Å². The highest BCUT2D eigenvalue weighted by atomic mass is 32.1. The zero-order valence-corrected chi connectivity index (χ0v) is 18.0. The number of thiophene rings is 1. The lowest BCUT2D eigenvalue weighted by atomic mass is 9.79. The molecule has 0 aromatic carbocycles. The van der Waals surface area contributed by atoms with Gasteiger partial charge in [-0.3, -0.25) is 4.90 Å². The van der Waals surface area contributed by atoms with Gasteiger partial charge in [0.1, 0.15) is 22.6 Å². The Morgan fingerprint density at radius 1 is 1.09 bits per heavy atom. The molecule has 6 rings (SSSR count). The van der Waals surface area contributed by atoms with Crippen LogP contribution in [-0.2, 0) is 13.0 Å². The van der Waals surface area contributed by atoms with Crippen LogP contribution in [0.1, 0.15) is 16.9 Å². The van der Waals surface area contributed by atoms with Gasteiger partial charge in [0, 0.05) is 61.6 Å². The van der Waals surface area contributed by atoms with Crippen LogP contribution in [0.5, 0.6) is 0 Å². The zero-order chi connectivity index (χ0) is 21.9. The minimum atomic E-state index is -4.22. The average molecular weight is 459 g/mol. The molecule has 166 valence electrons. The Hall–Kier alpha value is -2.72. The molecule has 0 aliphatic carbocycles. The van der Waals surface area contributed by atoms with Crippen LogP contribution < -0.4 is 4.90 Å². The van der Waals surface area contributed by atoms with E-state index in [1.54, 1.807) is 12.3 Å². The Kier molecular flexibility index (Phi) is 4.45. The maximum atomic E-state index is 12.8. The standard InChI is InChI=1S/C22H21F3N6S/c23-22(24,25)8-16-7-17-19(27-14-28-20(17)32-16)31-5-3-21(13-31)11-29(12-21)9-15-1-2-18-26-4-6-30(18)10-15/h1-2,4,6-7,10,14H,3,5,8-9,11-13H2. The van der Waals surface area contributed by atoms with E-state index in [4.69, 9.17) is 0 Å². The monoisotopic (exact) mass is 458 g/mol. The van der Waals surface area contributed by atoms with E-state index >= 15 is 0 Å². The van der Waals surface area contributed by atoms with E-state index in [9.17, 15) is 13.2 Å². The maximum absolute atomic E-state index is 12.8. The van der Waals surface area contributed by atoms with Crippen LogP contribution in [0.2, 0.25) is 0 Å². The minimum Gasteiger partial charge on any atom is -0.355 e. The van der Waals surface area contributed by atoms with Gasteiger partial charge in [-0.15, -0.1) is 11.3 Å². The third-order valence-electron chi connectivity index (χ3n) is 6.45.